The van der Waals surface area contributed by atoms with Gasteiger partial charge in [0, 0.05) is 6.42 Å². The Morgan fingerprint density at radius 3 is 2.93 bits per heavy atom. The molecule has 0 fully saturated rings. The van der Waals surface area contributed by atoms with E-state index in [9.17, 15) is 5.11 Å². The van der Waals surface area contributed by atoms with Crippen LogP contribution in [0.1, 0.15) is 25.3 Å². The number of benzene rings is 1. The molecular formula is C12H15NO. The van der Waals surface area contributed by atoms with Gasteiger partial charge in [-0.3, -0.25) is 0 Å². The molecule has 0 bridgehead atoms. The highest BCUT2D eigenvalue weighted by atomic mass is 16.3. The highest BCUT2D eigenvalue weighted by molar-refractivity contribution is 5.27. The molecule has 2 nitrogen and oxygen atoms in total. The first-order valence-corrected chi connectivity index (χ1v) is 4.87. The van der Waals surface area contributed by atoms with Crippen LogP contribution < -0.4 is 0 Å². The summed E-state index contributed by atoms with van der Waals surface area (Å²) in [5.74, 6) is 0.748. The lowest BCUT2D eigenvalue weighted by molar-refractivity contribution is 0.473. The largest absolute Gasteiger partial charge is 0.508 e. The molecule has 14 heavy (non-hydrogen) atoms. The first-order chi connectivity index (χ1) is 6.72. The Morgan fingerprint density at radius 1 is 1.50 bits per heavy atom. The van der Waals surface area contributed by atoms with Gasteiger partial charge >= 0.3 is 0 Å². The Hall–Kier alpha value is -1.49. The zero-order chi connectivity index (χ0) is 10.4. The number of nitrogens with zero attached hydrogens (tertiary/aromatic N) is 1. The van der Waals surface area contributed by atoms with E-state index in [0.717, 1.165) is 18.4 Å². The highest BCUT2D eigenvalue weighted by Gasteiger charge is 2.02. The van der Waals surface area contributed by atoms with Gasteiger partial charge < -0.3 is 5.11 Å². The van der Waals surface area contributed by atoms with Gasteiger partial charge in [0.1, 0.15) is 5.75 Å². The van der Waals surface area contributed by atoms with Crippen molar-refractivity contribution in [2.45, 2.75) is 26.2 Å². The maximum Gasteiger partial charge on any atom is 0.115 e. The van der Waals surface area contributed by atoms with Crippen LogP contribution in [0.3, 0.4) is 0 Å². The van der Waals surface area contributed by atoms with Crippen molar-refractivity contribution in [1.29, 1.82) is 5.26 Å². The lowest BCUT2D eigenvalue weighted by Crippen LogP contribution is -1.95. The lowest BCUT2D eigenvalue weighted by Gasteiger charge is -2.06. The molecule has 0 heterocycles. The summed E-state index contributed by atoms with van der Waals surface area (Å²) in [6, 6.07) is 9.46. The lowest BCUT2D eigenvalue weighted by atomic mass is 9.99. The minimum atomic E-state index is 0.315. The van der Waals surface area contributed by atoms with Crippen molar-refractivity contribution in [3.8, 4) is 11.8 Å². The molecule has 0 saturated carbocycles. The number of hydrogen-bond acceptors (Lipinski definition) is 2. The molecule has 0 aliphatic heterocycles. The number of phenolic OH excluding ortho intramolecular Hbond substituents is 1. The first kappa shape index (κ1) is 10.6. The van der Waals surface area contributed by atoms with Gasteiger partial charge in [0.2, 0.25) is 0 Å². The molecule has 2 heteroatoms. The fourth-order valence-corrected chi connectivity index (χ4v) is 1.38. The smallest absolute Gasteiger partial charge is 0.115 e. The summed E-state index contributed by atoms with van der Waals surface area (Å²) < 4.78 is 0. The van der Waals surface area contributed by atoms with E-state index in [1.54, 1.807) is 12.1 Å². The quantitative estimate of drug-likeness (QED) is 0.791. The van der Waals surface area contributed by atoms with E-state index in [2.05, 4.69) is 13.0 Å². The zero-order valence-corrected chi connectivity index (χ0v) is 8.40. The van der Waals surface area contributed by atoms with Gasteiger partial charge in [0.25, 0.3) is 0 Å². The highest BCUT2D eigenvalue weighted by Crippen LogP contribution is 2.16. The molecule has 0 amide bonds. The molecule has 0 saturated heterocycles. The van der Waals surface area contributed by atoms with Crippen molar-refractivity contribution in [2.24, 2.45) is 5.92 Å². The summed E-state index contributed by atoms with van der Waals surface area (Å²) >= 11 is 0. The summed E-state index contributed by atoms with van der Waals surface area (Å²) in [4.78, 5) is 0. The van der Waals surface area contributed by atoms with Crippen molar-refractivity contribution in [2.75, 3.05) is 0 Å². The maximum absolute atomic E-state index is 9.23. The second-order valence-corrected chi connectivity index (χ2v) is 3.68. The van der Waals surface area contributed by atoms with E-state index >= 15 is 0 Å². The van der Waals surface area contributed by atoms with Crippen LogP contribution in [0.15, 0.2) is 24.3 Å². The topological polar surface area (TPSA) is 44.0 Å². The Bertz CT molecular complexity index is 327. The van der Waals surface area contributed by atoms with Crippen molar-refractivity contribution < 1.29 is 5.11 Å². The third-order valence-corrected chi connectivity index (χ3v) is 2.28. The van der Waals surface area contributed by atoms with E-state index in [-0.39, 0.29) is 0 Å². The van der Waals surface area contributed by atoms with E-state index in [1.165, 1.54) is 0 Å². The molecule has 0 aromatic heterocycles. The summed E-state index contributed by atoms with van der Waals surface area (Å²) in [5.41, 5.74) is 1.13. The van der Waals surface area contributed by atoms with Crippen molar-refractivity contribution in [3.05, 3.63) is 29.8 Å². The average Bonchev–Trinajstić information content (AvgIpc) is 2.15. The van der Waals surface area contributed by atoms with Gasteiger partial charge in [-0.2, -0.15) is 5.26 Å². The first-order valence-electron chi connectivity index (χ1n) is 4.87. The molecule has 0 aliphatic rings. The van der Waals surface area contributed by atoms with Crippen molar-refractivity contribution >= 4 is 0 Å². The molecule has 74 valence electrons. The van der Waals surface area contributed by atoms with Crippen LogP contribution in [-0.4, -0.2) is 5.11 Å². The maximum atomic E-state index is 9.23. The van der Waals surface area contributed by atoms with Crippen LogP contribution in [0.4, 0.5) is 0 Å². The van der Waals surface area contributed by atoms with E-state index in [4.69, 9.17) is 5.26 Å². The molecular weight excluding hydrogens is 174 g/mol. The van der Waals surface area contributed by atoms with Crippen LogP contribution in [0, 0.1) is 17.2 Å². The number of aromatic hydroxyl groups is 1. The second-order valence-electron chi connectivity index (χ2n) is 3.68. The fraction of sp³-hybridized carbons (Fsp3) is 0.417. The number of aryl methyl sites for hydroxylation is 1. The predicted molar refractivity (Wildman–Crippen MR) is 55.8 cm³/mol. The van der Waals surface area contributed by atoms with Crippen LogP contribution in [0.5, 0.6) is 5.75 Å². The van der Waals surface area contributed by atoms with Gasteiger partial charge in [0.15, 0.2) is 0 Å². The normalized spacial score (nSPS) is 12.0. The minimum absolute atomic E-state index is 0.315. The molecule has 1 N–H and O–H groups in total. The Morgan fingerprint density at radius 2 is 2.29 bits per heavy atom. The molecule has 1 aromatic rings. The Labute approximate surface area is 84.8 Å². The molecule has 0 spiro atoms. The molecule has 1 aromatic carbocycles. The number of nitriles is 1. The van der Waals surface area contributed by atoms with Crippen LogP contribution in [0.25, 0.3) is 0 Å². The van der Waals surface area contributed by atoms with Crippen LogP contribution >= 0.6 is 0 Å². The van der Waals surface area contributed by atoms with Gasteiger partial charge in [-0.25, -0.2) is 0 Å². The summed E-state index contributed by atoms with van der Waals surface area (Å²) in [5, 5.41) is 17.7. The third kappa shape index (κ3) is 3.49. The zero-order valence-electron chi connectivity index (χ0n) is 8.40. The predicted octanol–water partition coefficient (Wildman–Crippen LogP) is 2.87. The molecule has 1 atom stereocenters. The summed E-state index contributed by atoms with van der Waals surface area (Å²) in [6.07, 6.45) is 2.53. The molecule has 1 unspecified atom stereocenters. The van der Waals surface area contributed by atoms with E-state index < -0.39 is 0 Å². The van der Waals surface area contributed by atoms with Gasteiger partial charge in [-0.1, -0.05) is 19.1 Å². The summed E-state index contributed by atoms with van der Waals surface area (Å²) in [6.45, 7) is 2.08. The Balaban J connectivity index is 2.42. The van der Waals surface area contributed by atoms with Crippen molar-refractivity contribution in [3.63, 3.8) is 0 Å². The minimum Gasteiger partial charge on any atom is -0.508 e. The van der Waals surface area contributed by atoms with E-state index in [0.29, 0.717) is 18.1 Å². The molecule has 0 radical (unpaired) electrons. The fourth-order valence-electron chi connectivity index (χ4n) is 1.38. The number of rotatable bonds is 4. The van der Waals surface area contributed by atoms with Crippen molar-refractivity contribution in [1.82, 2.24) is 0 Å². The molecule has 1 rings (SSSR count). The van der Waals surface area contributed by atoms with Gasteiger partial charge in [0.05, 0.1) is 6.07 Å². The second kappa shape index (κ2) is 5.29. The molecule has 0 aliphatic carbocycles. The SMILES string of the molecule is CC(CC#N)CCc1cccc(O)c1. The van der Waals surface area contributed by atoms with Crippen LogP contribution in [-0.2, 0) is 6.42 Å². The summed E-state index contributed by atoms with van der Waals surface area (Å²) in [7, 11) is 0. The monoisotopic (exact) mass is 189 g/mol. The standard InChI is InChI=1S/C12H15NO/c1-10(7-8-13)5-6-11-3-2-4-12(14)9-11/h2-4,9-10,14H,5-7H2,1H3. The van der Waals surface area contributed by atoms with Gasteiger partial charge in [-0.15, -0.1) is 0 Å². The Kier molecular flexibility index (Phi) is 4.00. The van der Waals surface area contributed by atoms with Gasteiger partial charge in [-0.05, 0) is 36.5 Å². The van der Waals surface area contributed by atoms with E-state index in [1.807, 2.05) is 12.1 Å². The third-order valence-electron chi connectivity index (χ3n) is 2.28. The van der Waals surface area contributed by atoms with Crippen LogP contribution in [0.2, 0.25) is 0 Å². The average molecular weight is 189 g/mol. The number of hydrogen-bond donors (Lipinski definition) is 1. The number of phenols is 1.